The number of hydrogen-bond donors (Lipinski definition) is 4. The third kappa shape index (κ3) is 10.7. The maximum atomic E-state index is 14.3. The summed E-state index contributed by atoms with van der Waals surface area (Å²) in [7, 11) is 1.92. The second-order valence-electron chi connectivity index (χ2n) is 13.8. The lowest BCUT2D eigenvalue weighted by atomic mass is 9.94. The molecule has 0 fully saturated rings. The number of rotatable bonds is 18. The summed E-state index contributed by atoms with van der Waals surface area (Å²) < 4.78 is 27.0. The molecule has 10 heteroatoms. The Bertz CT molecular complexity index is 1950. The molecule has 0 saturated carbocycles. The molecule has 0 saturated heterocycles. The van der Waals surface area contributed by atoms with Crippen LogP contribution in [0.4, 0.5) is 10.1 Å². The number of aromatic nitrogens is 1. The van der Waals surface area contributed by atoms with Gasteiger partial charge in [-0.3, -0.25) is 9.59 Å². The van der Waals surface area contributed by atoms with Gasteiger partial charge < -0.3 is 34.9 Å². The second-order valence-corrected chi connectivity index (χ2v) is 13.8. The molecule has 3 atom stereocenters. The molecular weight excluding hydrogens is 685 g/mol. The number of aliphatic hydroxyl groups is 2. The number of benzene rings is 4. The van der Waals surface area contributed by atoms with Crippen molar-refractivity contribution in [3.63, 3.8) is 0 Å². The van der Waals surface area contributed by atoms with E-state index < -0.39 is 18.2 Å². The highest BCUT2D eigenvalue weighted by molar-refractivity contribution is 6.12. The van der Waals surface area contributed by atoms with E-state index in [2.05, 4.69) is 17.6 Å². The monoisotopic (exact) mass is 735 g/mol. The number of amides is 1. The molecule has 0 aliphatic carbocycles. The van der Waals surface area contributed by atoms with E-state index in [9.17, 15) is 24.2 Å². The standard InChI is InChI=1S/C44H50FN3O6/c1-29(2)42-41(44(52)47-35-13-9-6-10-14-35)40(32-11-7-5-8-12-32)43(33-17-19-34(45)20-18-33)48(42)24-23-36(49)26-37(50)27-39(51)54-28-53-38-21-15-31(16-22-38)25-30(3)46-4/h5-22,29-30,36-37,46,49-50H,23-28H2,1-4H3,(H,47,52)/t30?,36-,37-/m1/s1. The van der Waals surface area contributed by atoms with Crippen LogP contribution in [0.5, 0.6) is 5.75 Å². The van der Waals surface area contributed by atoms with E-state index in [4.69, 9.17) is 9.47 Å². The predicted octanol–water partition coefficient (Wildman–Crippen LogP) is 7.96. The fourth-order valence-electron chi connectivity index (χ4n) is 6.59. The van der Waals surface area contributed by atoms with Crippen LogP contribution in [-0.4, -0.2) is 58.7 Å². The number of likely N-dealkylation sites (N-methyl/N-ethyl adjacent to an activating group) is 1. The summed E-state index contributed by atoms with van der Waals surface area (Å²) in [4.78, 5) is 26.8. The zero-order valence-electron chi connectivity index (χ0n) is 31.3. The van der Waals surface area contributed by atoms with E-state index in [-0.39, 0.29) is 50.2 Å². The van der Waals surface area contributed by atoms with Crippen LogP contribution in [0.1, 0.15) is 67.6 Å². The van der Waals surface area contributed by atoms with Crippen LogP contribution < -0.4 is 15.4 Å². The number of carbonyl (C=O) groups is 2. The van der Waals surface area contributed by atoms with Crippen LogP contribution in [-0.2, 0) is 22.5 Å². The Morgan fingerprint density at radius 1 is 0.815 bits per heavy atom. The van der Waals surface area contributed by atoms with E-state index in [0.29, 0.717) is 39.9 Å². The van der Waals surface area contributed by atoms with Gasteiger partial charge in [-0.15, -0.1) is 0 Å². The molecule has 0 aliphatic rings. The number of hydrogen-bond acceptors (Lipinski definition) is 7. The van der Waals surface area contributed by atoms with Crippen molar-refractivity contribution in [1.82, 2.24) is 9.88 Å². The number of nitrogens with zero attached hydrogens (tertiary/aromatic N) is 1. The Balaban J connectivity index is 1.32. The minimum Gasteiger partial charge on any atom is -0.457 e. The van der Waals surface area contributed by atoms with Crippen LogP contribution >= 0.6 is 0 Å². The van der Waals surface area contributed by atoms with E-state index >= 15 is 0 Å². The zero-order valence-corrected chi connectivity index (χ0v) is 31.3. The molecule has 1 amide bonds. The molecule has 0 spiro atoms. The molecule has 0 bridgehead atoms. The maximum Gasteiger partial charge on any atom is 0.311 e. The van der Waals surface area contributed by atoms with Gasteiger partial charge in [-0.2, -0.15) is 0 Å². The van der Waals surface area contributed by atoms with Crippen molar-refractivity contribution in [2.45, 2.75) is 77.2 Å². The van der Waals surface area contributed by atoms with Crippen molar-refractivity contribution in [3.8, 4) is 28.1 Å². The number of aliphatic hydroxyl groups excluding tert-OH is 2. The van der Waals surface area contributed by atoms with Gasteiger partial charge in [-0.1, -0.05) is 74.5 Å². The largest absolute Gasteiger partial charge is 0.457 e. The van der Waals surface area contributed by atoms with Gasteiger partial charge in [0, 0.05) is 29.5 Å². The normalized spacial score (nSPS) is 13.0. The van der Waals surface area contributed by atoms with Gasteiger partial charge in [0.05, 0.1) is 29.9 Å². The number of ether oxygens (including phenoxy) is 2. The van der Waals surface area contributed by atoms with Crippen LogP contribution in [0.3, 0.4) is 0 Å². The topological polar surface area (TPSA) is 122 Å². The van der Waals surface area contributed by atoms with Gasteiger partial charge in [0.25, 0.3) is 5.91 Å². The summed E-state index contributed by atoms with van der Waals surface area (Å²) in [6.45, 7) is 6.08. The predicted molar refractivity (Wildman–Crippen MR) is 210 cm³/mol. The smallest absolute Gasteiger partial charge is 0.311 e. The van der Waals surface area contributed by atoms with Crippen LogP contribution in [0.25, 0.3) is 22.4 Å². The summed E-state index contributed by atoms with van der Waals surface area (Å²) in [6.07, 6.45) is -1.45. The Labute approximate surface area is 316 Å². The molecular formula is C44H50FN3O6. The lowest BCUT2D eigenvalue weighted by Gasteiger charge is -2.20. The minimum absolute atomic E-state index is 0.0699. The summed E-state index contributed by atoms with van der Waals surface area (Å²) in [5, 5.41) is 28.1. The SMILES string of the molecule is CNC(C)Cc1ccc(OCOC(=O)C[C@H](O)C[C@H](O)CCn2c(-c3ccc(F)cc3)c(-c3ccccc3)c(C(=O)Nc3ccccc3)c2C(C)C)cc1. The quantitative estimate of drug-likeness (QED) is 0.0532. The Morgan fingerprint density at radius 3 is 2.09 bits per heavy atom. The van der Waals surface area contributed by atoms with E-state index in [1.807, 2.05) is 110 Å². The molecule has 284 valence electrons. The van der Waals surface area contributed by atoms with E-state index in [1.54, 1.807) is 12.1 Å². The highest BCUT2D eigenvalue weighted by atomic mass is 19.1. The number of carbonyl (C=O) groups excluding carboxylic acids is 2. The third-order valence-electron chi connectivity index (χ3n) is 9.33. The molecule has 5 aromatic rings. The molecule has 5 rings (SSSR count). The number of para-hydroxylation sites is 1. The summed E-state index contributed by atoms with van der Waals surface area (Å²) in [6, 6.07) is 32.8. The molecule has 1 heterocycles. The van der Waals surface area contributed by atoms with Crippen LogP contribution in [0, 0.1) is 5.82 Å². The highest BCUT2D eigenvalue weighted by Gasteiger charge is 2.31. The van der Waals surface area contributed by atoms with Crippen molar-refractivity contribution in [2.75, 3.05) is 19.2 Å². The zero-order chi connectivity index (χ0) is 38.6. The summed E-state index contributed by atoms with van der Waals surface area (Å²) in [5.74, 6) is -0.898. The van der Waals surface area contributed by atoms with E-state index in [0.717, 1.165) is 23.2 Å². The summed E-state index contributed by atoms with van der Waals surface area (Å²) >= 11 is 0. The average molecular weight is 736 g/mol. The van der Waals surface area contributed by atoms with Gasteiger partial charge in [0.15, 0.2) is 0 Å². The first-order valence-corrected chi connectivity index (χ1v) is 18.4. The van der Waals surface area contributed by atoms with Crippen molar-refractivity contribution >= 4 is 17.6 Å². The summed E-state index contributed by atoms with van der Waals surface area (Å²) in [5.41, 5.74) is 5.95. The van der Waals surface area contributed by atoms with Gasteiger partial charge in [-0.25, -0.2) is 4.39 Å². The lowest BCUT2D eigenvalue weighted by Crippen LogP contribution is -2.24. The van der Waals surface area contributed by atoms with Gasteiger partial charge in [0.2, 0.25) is 6.79 Å². The molecule has 54 heavy (non-hydrogen) atoms. The fourth-order valence-corrected chi connectivity index (χ4v) is 6.59. The molecule has 1 aromatic heterocycles. The third-order valence-corrected chi connectivity index (χ3v) is 9.33. The highest BCUT2D eigenvalue weighted by Crippen LogP contribution is 2.42. The average Bonchev–Trinajstić information content (AvgIpc) is 3.51. The molecule has 1 unspecified atom stereocenters. The first-order chi connectivity index (χ1) is 26.0. The number of esters is 1. The lowest BCUT2D eigenvalue weighted by molar-refractivity contribution is -0.152. The van der Waals surface area contributed by atoms with Crippen LogP contribution in [0.2, 0.25) is 0 Å². The molecule has 0 radical (unpaired) electrons. The first kappa shape index (κ1) is 39.9. The molecule has 4 N–H and O–H groups in total. The Kier molecular flexibility index (Phi) is 14.2. The minimum atomic E-state index is -1.15. The van der Waals surface area contributed by atoms with Crippen molar-refractivity contribution in [2.24, 2.45) is 0 Å². The number of nitrogens with one attached hydrogen (secondary N) is 2. The molecule has 4 aromatic carbocycles. The molecule has 9 nitrogen and oxygen atoms in total. The Hall–Kier alpha value is -5.29. The van der Waals surface area contributed by atoms with Crippen LogP contribution in [0.15, 0.2) is 109 Å². The number of halogens is 1. The van der Waals surface area contributed by atoms with Gasteiger partial charge >= 0.3 is 5.97 Å². The van der Waals surface area contributed by atoms with Crippen molar-refractivity contribution < 1.29 is 33.7 Å². The van der Waals surface area contributed by atoms with E-state index in [1.165, 1.54) is 12.1 Å². The number of anilines is 1. The fraction of sp³-hybridized carbons (Fsp3) is 0.318. The second kappa shape index (κ2) is 19.2. The maximum absolute atomic E-state index is 14.3. The Morgan fingerprint density at radius 2 is 1.46 bits per heavy atom. The van der Waals surface area contributed by atoms with Gasteiger partial charge in [-0.05, 0) is 104 Å². The van der Waals surface area contributed by atoms with Crippen molar-refractivity contribution in [1.29, 1.82) is 0 Å². The van der Waals surface area contributed by atoms with Crippen molar-refractivity contribution in [3.05, 3.63) is 132 Å². The van der Waals surface area contributed by atoms with Gasteiger partial charge in [0.1, 0.15) is 11.6 Å². The first-order valence-electron chi connectivity index (χ1n) is 18.4. The molecule has 0 aliphatic heterocycles.